The molecule has 0 atom stereocenters. The van der Waals surface area contributed by atoms with Gasteiger partial charge in [0.2, 0.25) is 0 Å². The molecule has 0 saturated carbocycles. The highest BCUT2D eigenvalue weighted by atomic mass is 28.3. The van der Waals surface area contributed by atoms with Gasteiger partial charge in [-0.2, -0.15) is 0 Å². The van der Waals surface area contributed by atoms with Crippen molar-refractivity contribution in [3.63, 3.8) is 0 Å². The fraction of sp³-hybridized carbons (Fsp3) is 0.524. The lowest BCUT2D eigenvalue weighted by Gasteiger charge is -2.15. The monoisotopic (exact) mass is 339 g/mol. The molecule has 23 heavy (non-hydrogen) atoms. The van der Waals surface area contributed by atoms with Crippen LogP contribution in [0, 0.1) is 22.9 Å². The molecule has 1 aromatic carbocycles. The van der Waals surface area contributed by atoms with Crippen LogP contribution in [0.15, 0.2) is 24.3 Å². The molecule has 0 nitrogen and oxygen atoms in total. The molecule has 1 rings (SSSR count). The topological polar surface area (TPSA) is 0 Å². The minimum absolute atomic E-state index is 0.580. The van der Waals surface area contributed by atoms with E-state index in [1.54, 1.807) is 0 Å². The van der Waals surface area contributed by atoms with Crippen molar-refractivity contribution in [3.05, 3.63) is 35.4 Å². The molecule has 2 heteroatoms. The summed E-state index contributed by atoms with van der Waals surface area (Å²) in [5, 5.41) is 0. The van der Waals surface area contributed by atoms with E-state index in [-0.39, 0.29) is 0 Å². The molecule has 0 fully saturated rings. The molecular weight excluding hydrogens is 308 g/mol. The van der Waals surface area contributed by atoms with E-state index in [0.717, 1.165) is 12.8 Å². The zero-order valence-corrected chi connectivity index (χ0v) is 17.9. The molecule has 0 amide bonds. The maximum absolute atomic E-state index is 3.60. The minimum atomic E-state index is -1.28. The zero-order valence-electron chi connectivity index (χ0n) is 15.9. The Balaban J connectivity index is 2.84. The predicted molar refractivity (Wildman–Crippen MR) is 109 cm³/mol. The highest BCUT2D eigenvalue weighted by molar-refractivity contribution is 6.83. The van der Waals surface area contributed by atoms with E-state index in [0.29, 0.717) is 11.1 Å². The van der Waals surface area contributed by atoms with Gasteiger partial charge in [-0.15, -0.1) is 22.9 Å². The summed E-state index contributed by atoms with van der Waals surface area (Å²) in [6, 6.07) is 8.63. The number of rotatable bonds is 4. The maximum Gasteiger partial charge on any atom is 0.150 e. The Labute approximate surface area is 146 Å². The van der Waals surface area contributed by atoms with Gasteiger partial charge in [-0.1, -0.05) is 71.6 Å². The summed E-state index contributed by atoms with van der Waals surface area (Å²) < 4.78 is 0. The smallest absolute Gasteiger partial charge is 0.132 e. The van der Waals surface area contributed by atoms with Gasteiger partial charge in [-0.25, -0.2) is 0 Å². The van der Waals surface area contributed by atoms with E-state index < -0.39 is 16.9 Å². The molecule has 0 N–H and O–H groups in total. The van der Waals surface area contributed by atoms with Crippen molar-refractivity contribution >= 4 is 16.9 Å². The molecule has 0 aliphatic heterocycles. The molecule has 0 spiro atoms. The SMILES string of the molecule is CC(C)[Si](C#CCc1ccccc1CC#C[Si](C)(C)C)C(C)C. The normalized spacial score (nSPS) is 11.2. The molecule has 0 aromatic heterocycles. The van der Waals surface area contributed by atoms with Crippen molar-refractivity contribution in [1.29, 1.82) is 0 Å². The lowest BCUT2D eigenvalue weighted by molar-refractivity contribution is 0.954. The van der Waals surface area contributed by atoms with Gasteiger partial charge < -0.3 is 0 Å². The Morgan fingerprint density at radius 2 is 1.35 bits per heavy atom. The number of hydrogen-bond donors (Lipinski definition) is 0. The number of benzene rings is 1. The van der Waals surface area contributed by atoms with Crippen LogP contribution in [0.2, 0.25) is 30.7 Å². The second-order valence-corrected chi connectivity index (χ2v) is 16.0. The van der Waals surface area contributed by atoms with Crippen molar-refractivity contribution < 1.29 is 0 Å². The van der Waals surface area contributed by atoms with E-state index in [9.17, 15) is 0 Å². The molecule has 123 valence electrons. The van der Waals surface area contributed by atoms with Crippen LogP contribution in [0.4, 0.5) is 0 Å². The average molecular weight is 340 g/mol. The van der Waals surface area contributed by atoms with Gasteiger partial charge in [0.1, 0.15) is 16.9 Å². The molecule has 0 saturated heterocycles. The molecular formula is C21H31Si2. The van der Waals surface area contributed by atoms with Crippen LogP contribution in [0.5, 0.6) is 0 Å². The maximum atomic E-state index is 3.60. The third kappa shape index (κ3) is 7.73. The molecule has 0 aliphatic carbocycles. The van der Waals surface area contributed by atoms with Crippen LogP contribution in [-0.2, 0) is 12.8 Å². The van der Waals surface area contributed by atoms with Crippen LogP contribution in [-0.4, -0.2) is 16.9 Å². The van der Waals surface area contributed by atoms with Crippen LogP contribution < -0.4 is 0 Å². The Morgan fingerprint density at radius 1 is 0.870 bits per heavy atom. The van der Waals surface area contributed by atoms with Gasteiger partial charge in [0, 0.05) is 12.8 Å². The second kappa shape index (κ2) is 9.16. The molecule has 0 bridgehead atoms. The first kappa shape index (κ1) is 19.8. The van der Waals surface area contributed by atoms with Crippen molar-refractivity contribution in [2.75, 3.05) is 0 Å². The van der Waals surface area contributed by atoms with Crippen molar-refractivity contribution in [3.8, 4) is 22.9 Å². The van der Waals surface area contributed by atoms with Crippen LogP contribution >= 0.6 is 0 Å². The Morgan fingerprint density at radius 3 is 1.78 bits per heavy atom. The first-order valence-corrected chi connectivity index (χ1v) is 13.8. The van der Waals surface area contributed by atoms with Gasteiger partial charge in [-0.05, 0) is 22.2 Å². The van der Waals surface area contributed by atoms with Gasteiger partial charge in [-0.3, -0.25) is 0 Å². The third-order valence-corrected chi connectivity index (χ3v) is 7.50. The fourth-order valence-electron chi connectivity index (χ4n) is 2.50. The second-order valence-electron chi connectivity index (χ2n) is 7.74. The fourth-order valence-corrected chi connectivity index (χ4v) is 5.33. The average Bonchev–Trinajstić information content (AvgIpc) is 2.42. The lowest BCUT2D eigenvalue weighted by Crippen LogP contribution is -2.18. The first-order chi connectivity index (χ1) is 10.7. The Hall–Kier alpha value is -1.23. The quantitative estimate of drug-likeness (QED) is 0.501. The minimum Gasteiger partial charge on any atom is -0.132 e. The first-order valence-electron chi connectivity index (χ1n) is 8.63. The molecule has 1 aromatic rings. The van der Waals surface area contributed by atoms with Crippen molar-refractivity contribution in [1.82, 2.24) is 0 Å². The molecule has 0 aliphatic rings. The predicted octanol–water partition coefficient (Wildman–Crippen LogP) is 5.51. The summed E-state index contributed by atoms with van der Waals surface area (Å²) in [6.07, 6.45) is 1.71. The summed E-state index contributed by atoms with van der Waals surface area (Å²) in [4.78, 5) is 0. The van der Waals surface area contributed by atoms with Gasteiger partial charge in [0.15, 0.2) is 0 Å². The highest BCUT2D eigenvalue weighted by Gasteiger charge is 2.17. The summed E-state index contributed by atoms with van der Waals surface area (Å²) in [6.45, 7) is 16.1. The molecule has 0 unspecified atom stereocenters. The summed E-state index contributed by atoms with van der Waals surface area (Å²) in [5.41, 5.74) is 11.2. The van der Waals surface area contributed by atoms with E-state index in [4.69, 9.17) is 0 Å². The van der Waals surface area contributed by atoms with Crippen LogP contribution in [0.3, 0.4) is 0 Å². The lowest BCUT2D eigenvalue weighted by atomic mass is 10.0. The largest absolute Gasteiger partial charge is 0.150 e. The summed E-state index contributed by atoms with van der Waals surface area (Å²) in [7, 11) is -1.86. The molecule has 1 radical (unpaired) electrons. The van der Waals surface area contributed by atoms with Crippen LogP contribution in [0.25, 0.3) is 0 Å². The summed E-state index contributed by atoms with van der Waals surface area (Å²) in [5.74, 6) is 6.85. The van der Waals surface area contributed by atoms with E-state index in [2.05, 4.69) is 94.5 Å². The molecule has 0 heterocycles. The van der Waals surface area contributed by atoms with E-state index in [1.165, 1.54) is 11.1 Å². The van der Waals surface area contributed by atoms with Gasteiger partial charge in [0.05, 0.1) is 0 Å². The Kier molecular flexibility index (Phi) is 7.90. The van der Waals surface area contributed by atoms with Gasteiger partial charge in [0.25, 0.3) is 0 Å². The third-order valence-electron chi connectivity index (χ3n) is 3.62. The number of hydrogen-bond acceptors (Lipinski definition) is 0. The van der Waals surface area contributed by atoms with Gasteiger partial charge >= 0.3 is 0 Å². The Bertz CT molecular complexity index is 605. The van der Waals surface area contributed by atoms with Crippen LogP contribution in [0.1, 0.15) is 38.8 Å². The van der Waals surface area contributed by atoms with Crippen molar-refractivity contribution in [2.24, 2.45) is 0 Å². The van der Waals surface area contributed by atoms with Crippen molar-refractivity contribution in [2.45, 2.75) is 71.3 Å². The van der Waals surface area contributed by atoms with E-state index in [1.807, 2.05) is 0 Å². The highest BCUT2D eigenvalue weighted by Crippen LogP contribution is 2.19. The zero-order chi connectivity index (χ0) is 17.5. The summed E-state index contributed by atoms with van der Waals surface area (Å²) >= 11 is 0. The standard InChI is InChI=1S/C21H31Si2/c1-18(2)22(19(3)4)16-10-14-20-12-8-9-13-21(20)15-11-17-23(5,6)7/h8-9,12-13,18-19H,14-15H2,1-7H3. The van der Waals surface area contributed by atoms with E-state index >= 15 is 0 Å².